The predicted octanol–water partition coefficient (Wildman–Crippen LogP) is 4.21. The van der Waals surface area contributed by atoms with Gasteiger partial charge in [0.1, 0.15) is 11.8 Å². The molecule has 1 N–H and O–H groups in total. The Hall–Kier alpha value is -3.19. The number of carbonyl (C=O) groups excluding carboxylic acids is 2. The van der Waals surface area contributed by atoms with Crippen molar-refractivity contribution in [3.05, 3.63) is 76.3 Å². The molecule has 0 saturated carbocycles. The molecule has 10 nitrogen and oxygen atoms in total. The minimum Gasteiger partial charge on any atom is -0.482 e. The summed E-state index contributed by atoms with van der Waals surface area (Å²) in [4.78, 5) is 30.5. The van der Waals surface area contributed by atoms with E-state index in [-0.39, 0.29) is 33.4 Å². The highest BCUT2D eigenvalue weighted by atomic mass is 35.5. The zero-order valence-electron chi connectivity index (χ0n) is 24.6. The molecule has 0 radical (unpaired) electrons. The third-order valence-corrected chi connectivity index (χ3v) is 10.4. The number of nitrogens with one attached hydrogen (secondary N) is 1. The third-order valence-electron chi connectivity index (χ3n) is 7.78. The van der Waals surface area contributed by atoms with Gasteiger partial charge in [0, 0.05) is 45.4 Å². The maximum absolute atomic E-state index is 13.8. The van der Waals surface area contributed by atoms with E-state index < -0.39 is 22.1 Å². The average molecular weight is 662 g/mol. The van der Waals surface area contributed by atoms with Crippen LogP contribution in [0.4, 0.5) is 5.69 Å². The van der Waals surface area contributed by atoms with Crippen molar-refractivity contribution >= 4 is 50.7 Å². The van der Waals surface area contributed by atoms with E-state index >= 15 is 0 Å². The first-order valence-corrected chi connectivity index (χ1v) is 16.3. The van der Waals surface area contributed by atoms with Crippen molar-refractivity contribution in [2.45, 2.75) is 23.9 Å². The Morgan fingerprint density at radius 2 is 1.68 bits per heavy atom. The van der Waals surface area contributed by atoms with Crippen molar-refractivity contribution in [1.82, 2.24) is 14.5 Å². The molecular formula is C31H34Cl2N4O6S. The molecule has 3 aromatic rings. The lowest BCUT2D eigenvalue weighted by atomic mass is 9.99. The van der Waals surface area contributed by atoms with E-state index in [0.29, 0.717) is 49.8 Å². The van der Waals surface area contributed by atoms with Crippen molar-refractivity contribution in [2.24, 2.45) is 0 Å². The van der Waals surface area contributed by atoms with Gasteiger partial charge in [-0.25, -0.2) is 12.7 Å². The molecule has 2 aliphatic heterocycles. The Balaban J connectivity index is 1.43. The highest BCUT2D eigenvalue weighted by Gasteiger charge is 2.35. The zero-order valence-corrected chi connectivity index (χ0v) is 27.0. The van der Waals surface area contributed by atoms with Gasteiger partial charge in [-0.3, -0.25) is 19.4 Å². The van der Waals surface area contributed by atoms with Gasteiger partial charge >= 0.3 is 0 Å². The summed E-state index contributed by atoms with van der Waals surface area (Å²) in [6, 6.07) is 16.1. The summed E-state index contributed by atoms with van der Waals surface area (Å²) in [7, 11) is -0.663. The molecule has 0 aromatic heterocycles. The van der Waals surface area contributed by atoms with Crippen LogP contribution >= 0.6 is 23.2 Å². The average Bonchev–Trinajstić information content (AvgIpc) is 3.01. The van der Waals surface area contributed by atoms with Gasteiger partial charge in [0.15, 0.2) is 6.61 Å². The van der Waals surface area contributed by atoms with Gasteiger partial charge in [-0.15, -0.1) is 0 Å². The normalized spacial score (nSPS) is 17.1. The highest BCUT2D eigenvalue weighted by molar-refractivity contribution is 7.89. The van der Waals surface area contributed by atoms with E-state index in [1.807, 2.05) is 24.3 Å². The maximum Gasteiger partial charge on any atom is 0.265 e. The molecule has 1 saturated heterocycles. The number of anilines is 1. The molecule has 0 bridgehead atoms. The second-order valence-electron chi connectivity index (χ2n) is 10.8. The van der Waals surface area contributed by atoms with Gasteiger partial charge in [0.2, 0.25) is 15.9 Å². The second-order valence-corrected chi connectivity index (χ2v) is 13.8. The monoisotopic (exact) mass is 660 g/mol. The Bertz CT molecular complexity index is 1650. The van der Waals surface area contributed by atoms with E-state index in [0.717, 1.165) is 11.1 Å². The molecule has 2 amide bonds. The first-order chi connectivity index (χ1) is 21.0. The van der Waals surface area contributed by atoms with Crippen LogP contribution in [0.25, 0.3) is 11.1 Å². The van der Waals surface area contributed by atoms with E-state index in [9.17, 15) is 18.0 Å². The van der Waals surface area contributed by atoms with Gasteiger partial charge in [-0.2, -0.15) is 0 Å². The van der Waals surface area contributed by atoms with Crippen LogP contribution in [0.2, 0.25) is 10.0 Å². The molecule has 2 aliphatic rings. The van der Waals surface area contributed by atoms with Crippen LogP contribution in [0.15, 0.2) is 65.6 Å². The molecule has 44 heavy (non-hydrogen) atoms. The number of amides is 2. The molecule has 5 rings (SSSR count). The molecule has 13 heteroatoms. The van der Waals surface area contributed by atoms with Gasteiger partial charge in [-0.05, 0) is 30.2 Å². The second kappa shape index (κ2) is 13.4. The van der Waals surface area contributed by atoms with Gasteiger partial charge in [0.25, 0.3) is 5.91 Å². The minimum absolute atomic E-state index is 0.210. The quantitative estimate of drug-likeness (QED) is 0.366. The van der Waals surface area contributed by atoms with Crippen LogP contribution in [-0.2, 0) is 24.3 Å². The van der Waals surface area contributed by atoms with Crippen molar-refractivity contribution in [2.75, 3.05) is 58.5 Å². The lowest BCUT2D eigenvalue weighted by Crippen LogP contribution is -2.53. The van der Waals surface area contributed by atoms with Gasteiger partial charge in [-0.1, -0.05) is 65.7 Å². The van der Waals surface area contributed by atoms with Crippen molar-refractivity contribution in [3.63, 3.8) is 0 Å². The number of hydrogen-bond donors (Lipinski definition) is 1. The molecule has 2 unspecified atom stereocenters. The highest BCUT2D eigenvalue weighted by Crippen LogP contribution is 2.40. The summed E-state index contributed by atoms with van der Waals surface area (Å²) in [6.45, 7) is 4.55. The smallest absolute Gasteiger partial charge is 0.265 e. The molecule has 3 aromatic carbocycles. The molecule has 0 aliphatic carbocycles. The van der Waals surface area contributed by atoms with Gasteiger partial charge < -0.3 is 14.8 Å². The van der Waals surface area contributed by atoms with E-state index in [4.69, 9.17) is 32.7 Å². The first-order valence-electron chi connectivity index (χ1n) is 14.1. The van der Waals surface area contributed by atoms with Crippen LogP contribution in [0.1, 0.15) is 18.5 Å². The fourth-order valence-electron chi connectivity index (χ4n) is 5.30. The van der Waals surface area contributed by atoms with Crippen molar-refractivity contribution < 1.29 is 27.5 Å². The summed E-state index contributed by atoms with van der Waals surface area (Å²) in [5, 5.41) is 3.67. The van der Waals surface area contributed by atoms with Crippen molar-refractivity contribution in [1.29, 1.82) is 0 Å². The number of sulfonamides is 1. The summed E-state index contributed by atoms with van der Waals surface area (Å²) in [5.74, 6) is -0.364. The Kier molecular flexibility index (Phi) is 9.83. The number of halogens is 2. The minimum atomic E-state index is -3.67. The number of rotatable bonds is 9. The Labute approximate surface area is 267 Å². The third kappa shape index (κ3) is 6.73. The predicted molar refractivity (Wildman–Crippen MR) is 170 cm³/mol. The molecule has 0 spiro atoms. The fourth-order valence-corrected chi connectivity index (χ4v) is 6.72. The SMILES string of the molecule is CC(C(=O)NC(CN1CCOCC1)c1ccc(-c2ccccc2S(=O)(=O)N(C)C)cc1)N1C(=O)COc2cc(Cl)c(Cl)cc21. The molecule has 234 valence electrons. The van der Waals surface area contributed by atoms with Crippen LogP contribution < -0.4 is 15.0 Å². The lowest BCUT2D eigenvalue weighted by molar-refractivity contribution is -0.128. The standard InChI is InChI=1S/C31H34Cl2N4O6S/c1-20(37-27-16-24(32)25(33)17-28(27)43-19-30(37)38)31(39)34-26(18-36-12-14-42-15-13-36)22-10-8-21(9-11-22)23-6-4-5-7-29(23)44(40,41)35(2)3/h4-11,16-17,20,26H,12-15,18-19H2,1-3H3,(H,34,39). The van der Waals surface area contributed by atoms with E-state index in [1.54, 1.807) is 31.2 Å². The Morgan fingerprint density at radius 1 is 1.02 bits per heavy atom. The van der Waals surface area contributed by atoms with Crippen molar-refractivity contribution in [3.8, 4) is 16.9 Å². The van der Waals surface area contributed by atoms with Crippen LogP contribution in [0, 0.1) is 0 Å². The van der Waals surface area contributed by atoms with Crippen LogP contribution in [-0.4, -0.2) is 89.0 Å². The number of hydrogen-bond acceptors (Lipinski definition) is 7. The maximum atomic E-state index is 13.8. The Morgan fingerprint density at radius 3 is 2.36 bits per heavy atom. The van der Waals surface area contributed by atoms with Crippen LogP contribution in [0.5, 0.6) is 5.75 Å². The number of carbonyl (C=O) groups is 2. The molecule has 1 fully saturated rings. The molecule has 2 atom stereocenters. The molecular weight excluding hydrogens is 627 g/mol. The number of benzene rings is 3. The molecule has 2 heterocycles. The first kappa shape index (κ1) is 32.2. The number of ether oxygens (including phenoxy) is 2. The van der Waals surface area contributed by atoms with E-state index in [2.05, 4.69) is 10.2 Å². The number of nitrogens with zero attached hydrogens (tertiary/aromatic N) is 3. The summed E-state index contributed by atoms with van der Waals surface area (Å²) >= 11 is 12.4. The summed E-state index contributed by atoms with van der Waals surface area (Å²) < 4.78 is 38.2. The lowest BCUT2D eigenvalue weighted by Gasteiger charge is -2.35. The number of morpholine rings is 1. The van der Waals surface area contributed by atoms with Crippen LogP contribution in [0.3, 0.4) is 0 Å². The largest absolute Gasteiger partial charge is 0.482 e. The zero-order chi connectivity index (χ0) is 31.6. The van der Waals surface area contributed by atoms with Gasteiger partial charge in [0.05, 0.1) is 39.9 Å². The van der Waals surface area contributed by atoms with E-state index in [1.165, 1.54) is 35.4 Å². The fraction of sp³-hybridized carbons (Fsp3) is 0.355. The topological polar surface area (TPSA) is 108 Å². The summed E-state index contributed by atoms with van der Waals surface area (Å²) in [5.41, 5.74) is 2.51. The number of fused-ring (bicyclic) bond motifs is 1. The summed E-state index contributed by atoms with van der Waals surface area (Å²) in [6.07, 6.45) is 0.